The molecule has 1 saturated heterocycles. The van der Waals surface area contributed by atoms with Gasteiger partial charge in [-0.15, -0.1) is 0 Å². The van der Waals surface area contributed by atoms with E-state index in [1.54, 1.807) is 32.4 Å². The maximum atomic E-state index is 12.5. The van der Waals surface area contributed by atoms with E-state index < -0.39 is 0 Å². The van der Waals surface area contributed by atoms with Gasteiger partial charge in [-0.2, -0.15) is 0 Å². The van der Waals surface area contributed by atoms with Crippen molar-refractivity contribution in [1.29, 1.82) is 0 Å². The molecule has 5 heteroatoms. The zero-order chi connectivity index (χ0) is 14.5. The standard InChI is InChI=1S/C15H22N2O3/c1-4-16-5-7-17(8-6-16)15(18)12-9-13(19-2)11-14(10-12)20-3/h9-11H,4-8H2,1-3H3. The molecular formula is C15H22N2O3. The van der Waals surface area contributed by atoms with Crippen LogP contribution >= 0.6 is 0 Å². The number of amides is 1. The number of nitrogens with zero attached hydrogens (tertiary/aromatic N) is 2. The second-order valence-corrected chi connectivity index (χ2v) is 4.83. The maximum Gasteiger partial charge on any atom is 0.254 e. The minimum Gasteiger partial charge on any atom is -0.497 e. The van der Waals surface area contributed by atoms with Gasteiger partial charge in [-0.25, -0.2) is 0 Å². The Morgan fingerprint density at radius 1 is 1.05 bits per heavy atom. The molecule has 0 unspecified atom stereocenters. The van der Waals surface area contributed by atoms with Gasteiger partial charge >= 0.3 is 0 Å². The molecule has 0 bridgehead atoms. The van der Waals surface area contributed by atoms with Crippen molar-refractivity contribution in [3.63, 3.8) is 0 Å². The predicted molar refractivity (Wildman–Crippen MR) is 77.6 cm³/mol. The first-order valence-electron chi connectivity index (χ1n) is 6.92. The van der Waals surface area contributed by atoms with Crippen molar-refractivity contribution in [1.82, 2.24) is 9.80 Å². The molecule has 1 fully saturated rings. The molecule has 0 aromatic heterocycles. The molecule has 1 heterocycles. The van der Waals surface area contributed by atoms with Gasteiger partial charge in [-0.05, 0) is 18.7 Å². The molecule has 20 heavy (non-hydrogen) atoms. The van der Waals surface area contributed by atoms with Crippen molar-refractivity contribution in [3.8, 4) is 11.5 Å². The third-order valence-electron chi connectivity index (χ3n) is 3.71. The Bertz CT molecular complexity index is 446. The van der Waals surface area contributed by atoms with E-state index in [-0.39, 0.29) is 5.91 Å². The number of methoxy groups -OCH3 is 2. The van der Waals surface area contributed by atoms with Crippen molar-refractivity contribution < 1.29 is 14.3 Å². The highest BCUT2D eigenvalue weighted by Gasteiger charge is 2.22. The van der Waals surface area contributed by atoms with E-state index in [0.717, 1.165) is 32.7 Å². The van der Waals surface area contributed by atoms with Gasteiger partial charge < -0.3 is 19.3 Å². The molecule has 1 amide bonds. The van der Waals surface area contributed by atoms with Crippen molar-refractivity contribution in [2.75, 3.05) is 46.9 Å². The first-order chi connectivity index (χ1) is 9.67. The fraction of sp³-hybridized carbons (Fsp3) is 0.533. The molecule has 0 atom stereocenters. The Morgan fingerprint density at radius 3 is 2.05 bits per heavy atom. The topological polar surface area (TPSA) is 42.0 Å². The summed E-state index contributed by atoms with van der Waals surface area (Å²) >= 11 is 0. The second-order valence-electron chi connectivity index (χ2n) is 4.83. The summed E-state index contributed by atoms with van der Waals surface area (Å²) in [6.45, 7) is 6.59. The van der Waals surface area contributed by atoms with Gasteiger partial charge in [-0.1, -0.05) is 6.92 Å². The number of carbonyl (C=O) groups is 1. The Morgan fingerprint density at radius 2 is 1.60 bits per heavy atom. The van der Waals surface area contributed by atoms with Gasteiger partial charge in [0.1, 0.15) is 11.5 Å². The van der Waals surface area contributed by atoms with Gasteiger partial charge in [0.05, 0.1) is 14.2 Å². The van der Waals surface area contributed by atoms with Crippen LogP contribution in [0.15, 0.2) is 18.2 Å². The van der Waals surface area contributed by atoms with Crippen LogP contribution in [0.4, 0.5) is 0 Å². The summed E-state index contributed by atoms with van der Waals surface area (Å²) < 4.78 is 10.4. The van der Waals surface area contributed by atoms with Crippen LogP contribution in [0, 0.1) is 0 Å². The molecule has 1 aromatic rings. The van der Waals surface area contributed by atoms with Crippen LogP contribution in [-0.4, -0.2) is 62.7 Å². The van der Waals surface area contributed by atoms with Crippen molar-refractivity contribution >= 4 is 5.91 Å². The van der Waals surface area contributed by atoms with Crippen molar-refractivity contribution in [3.05, 3.63) is 23.8 Å². The average molecular weight is 278 g/mol. The third-order valence-corrected chi connectivity index (χ3v) is 3.71. The van der Waals surface area contributed by atoms with Crippen LogP contribution in [0.2, 0.25) is 0 Å². The number of carbonyl (C=O) groups excluding carboxylic acids is 1. The number of benzene rings is 1. The van der Waals surface area contributed by atoms with Crippen LogP contribution in [-0.2, 0) is 0 Å². The van der Waals surface area contributed by atoms with Gasteiger partial charge in [0.25, 0.3) is 5.91 Å². The molecule has 110 valence electrons. The minimum atomic E-state index is 0.0398. The number of likely N-dealkylation sites (N-methyl/N-ethyl adjacent to an activating group) is 1. The summed E-state index contributed by atoms with van der Waals surface area (Å²) in [5, 5.41) is 0. The van der Waals surface area contributed by atoms with Crippen LogP contribution in [0.3, 0.4) is 0 Å². The third kappa shape index (κ3) is 3.22. The number of hydrogen-bond acceptors (Lipinski definition) is 4. The summed E-state index contributed by atoms with van der Waals surface area (Å²) in [5.41, 5.74) is 0.617. The molecular weight excluding hydrogens is 256 g/mol. The molecule has 0 radical (unpaired) electrons. The summed E-state index contributed by atoms with van der Waals surface area (Å²) in [7, 11) is 3.17. The number of rotatable bonds is 4. The smallest absolute Gasteiger partial charge is 0.254 e. The summed E-state index contributed by atoms with van der Waals surface area (Å²) in [6.07, 6.45) is 0. The molecule has 5 nitrogen and oxygen atoms in total. The van der Waals surface area contributed by atoms with Gasteiger partial charge in [-0.3, -0.25) is 4.79 Å². The lowest BCUT2D eigenvalue weighted by atomic mass is 10.1. The maximum absolute atomic E-state index is 12.5. The van der Waals surface area contributed by atoms with E-state index in [9.17, 15) is 4.79 Å². The van der Waals surface area contributed by atoms with Crippen molar-refractivity contribution in [2.45, 2.75) is 6.92 Å². The molecule has 1 aliphatic heterocycles. The molecule has 1 aliphatic rings. The molecule has 0 spiro atoms. The summed E-state index contributed by atoms with van der Waals surface area (Å²) in [4.78, 5) is 16.8. The molecule has 0 N–H and O–H groups in total. The lowest BCUT2D eigenvalue weighted by Crippen LogP contribution is -2.48. The number of piperazine rings is 1. The Kier molecular flexibility index (Phi) is 4.84. The highest BCUT2D eigenvalue weighted by Crippen LogP contribution is 2.23. The van der Waals surface area contributed by atoms with Gasteiger partial charge in [0.15, 0.2) is 0 Å². The Hall–Kier alpha value is -1.75. The quantitative estimate of drug-likeness (QED) is 0.836. The van der Waals surface area contributed by atoms with Crippen LogP contribution < -0.4 is 9.47 Å². The van der Waals surface area contributed by atoms with E-state index in [1.165, 1.54) is 0 Å². The number of ether oxygens (including phenoxy) is 2. The minimum absolute atomic E-state index is 0.0398. The SMILES string of the molecule is CCN1CCN(C(=O)c2cc(OC)cc(OC)c2)CC1. The molecule has 2 rings (SSSR count). The first-order valence-corrected chi connectivity index (χ1v) is 6.92. The zero-order valence-corrected chi connectivity index (χ0v) is 12.4. The monoisotopic (exact) mass is 278 g/mol. The van der Waals surface area contributed by atoms with Crippen LogP contribution in [0.25, 0.3) is 0 Å². The highest BCUT2D eigenvalue weighted by atomic mass is 16.5. The van der Waals surface area contributed by atoms with Crippen LogP contribution in [0.5, 0.6) is 11.5 Å². The molecule has 0 aliphatic carbocycles. The highest BCUT2D eigenvalue weighted by molar-refractivity contribution is 5.95. The normalized spacial score (nSPS) is 16.1. The zero-order valence-electron chi connectivity index (χ0n) is 12.4. The predicted octanol–water partition coefficient (Wildman–Crippen LogP) is 1.48. The second kappa shape index (κ2) is 6.61. The van der Waals surface area contributed by atoms with Crippen molar-refractivity contribution in [2.24, 2.45) is 0 Å². The Balaban J connectivity index is 2.12. The fourth-order valence-corrected chi connectivity index (χ4v) is 2.38. The van der Waals surface area contributed by atoms with E-state index in [2.05, 4.69) is 11.8 Å². The lowest BCUT2D eigenvalue weighted by molar-refractivity contribution is 0.0642. The first kappa shape index (κ1) is 14.7. The fourth-order valence-electron chi connectivity index (χ4n) is 2.38. The Labute approximate surface area is 120 Å². The van der Waals surface area contributed by atoms with Crippen LogP contribution in [0.1, 0.15) is 17.3 Å². The van der Waals surface area contributed by atoms with E-state index >= 15 is 0 Å². The number of hydrogen-bond donors (Lipinski definition) is 0. The summed E-state index contributed by atoms with van der Waals surface area (Å²) in [6, 6.07) is 5.29. The van der Waals surface area contributed by atoms with E-state index in [1.807, 2.05) is 4.90 Å². The largest absolute Gasteiger partial charge is 0.497 e. The summed E-state index contributed by atoms with van der Waals surface area (Å²) in [5.74, 6) is 1.32. The molecule has 0 saturated carbocycles. The van der Waals surface area contributed by atoms with Gasteiger partial charge in [0.2, 0.25) is 0 Å². The average Bonchev–Trinajstić information content (AvgIpc) is 2.53. The molecule has 1 aromatic carbocycles. The van der Waals surface area contributed by atoms with E-state index in [0.29, 0.717) is 17.1 Å². The lowest BCUT2D eigenvalue weighted by Gasteiger charge is -2.34. The van der Waals surface area contributed by atoms with E-state index in [4.69, 9.17) is 9.47 Å². The van der Waals surface area contributed by atoms with Gasteiger partial charge in [0, 0.05) is 37.8 Å².